The first-order valence-electron chi connectivity index (χ1n) is 3.39. The quantitative estimate of drug-likeness (QED) is 0.254. The molecule has 0 aliphatic rings. The van der Waals surface area contributed by atoms with Crippen molar-refractivity contribution in [2.24, 2.45) is 10.9 Å². The van der Waals surface area contributed by atoms with Crippen LogP contribution < -0.4 is 11.1 Å². The second kappa shape index (κ2) is 3.56. The molecule has 12 heavy (non-hydrogen) atoms. The van der Waals surface area contributed by atoms with Gasteiger partial charge >= 0.3 is 0 Å². The molecule has 5 heteroatoms. The van der Waals surface area contributed by atoms with E-state index in [-0.39, 0.29) is 5.84 Å². The summed E-state index contributed by atoms with van der Waals surface area (Å²) in [5, 5.41) is 14.1. The fraction of sp³-hybridized carbons (Fsp3) is 0.143. The van der Waals surface area contributed by atoms with Gasteiger partial charge in [0.15, 0.2) is 5.84 Å². The summed E-state index contributed by atoms with van der Waals surface area (Å²) in [4.78, 5) is 3.97. The van der Waals surface area contributed by atoms with Crippen LogP contribution in [0.15, 0.2) is 23.5 Å². The van der Waals surface area contributed by atoms with Crippen LogP contribution in [0.1, 0.15) is 5.56 Å². The highest BCUT2D eigenvalue weighted by atomic mass is 16.4. The zero-order chi connectivity index (χ0) is 8.97. The Hall–Kier alpha value is -1.78. The molecule has 0 aliphatic heterocycles. The number of anilines is 1. The van der Waals surface area contributed by atoms with Crippen molar-refractivity contribution in [3.05, 3.63) is 23.9 Å². The predicted molar refractivity (Wildman–Crippen MR) is 46.3 cm³/mol. The minimum absolute atomic E-state index is 0.0777. The molecule has 0 aromatic carbocycles. The van der Waals surface area contributed by atoms with Crippen LogP contribution in [0.3, 0.4) is 0 Å². The van der Waals surface area contributed by atoms with Crippen molar-refractivity contribution in [1.29, 1.82) is 0 Å². The average Bonchev–Trinajstić information content (AvgIpc) is 2.17. The number of pyridine rings is 1. The maximum Gasteiger partial charge on any atom is 0.170 e. The van der Waals surface area contributed by atoms with Crippen LogP contribution in [-0.4, -0.2) is 23.1 Å². The van der Waals surface area contributed by atoms with Crippen LogP contribution in [0.2, 0.25) is 0 Å². The average molecular weight is 166 g/mol. The van der Waals surface area contributed by atoms with Crippen molar-refractivity contribution in [3.8, 4) is 0 Å². The molecule has 5 nitrogen and oxygen atoms in total. The van der Waals surface area contributed by atoms with E-state index < -0.39 is 0 Å². The molecule has 0 radical (unpaired) electrons. The van der Waals surface area contributed by atoms with Gasteiger partial charge in [-0.3, -0.25) is 0 Å². The van der Waals surface area contributed by atoms with E-state index in [1.807, 2.05) is 0 Å². The Bertz CT molecular complexity index is 297. The van der Waals surface area contributed by atoms with Gasteiger partial charge in [0.2, 0.25) is 0 Å². The summed E-state index contributed by atoms with van der Waals surface area (Å²) in [5.41, 5.74) is 6.00. The van der Waals surface area contributed by atoms with Crippen LogP contribution in [0.4, 0.5) is 5.82 Å². The van der Waals surface area contributed by atoms with Gasteiger partial charge in [-0.15, -0.1) is 0 Å². The third-order valence-electron chi connectivity index (χ3n) is 1.42. The van der Waals surface area contributed by atoms with E-state index in [4.69, 9.17) is 10.9 Å². The number of hydrogen-bond acceptors (Lipinski definition) is 4. The topological polar surface area (TPSA) is 83.5 Å². The number of nitrogens with zero attached hydrogens (tertiary/aromatic N) is 2. The molecular formula is C7H10N4O. The van der Waals surface area contributed by atoms with Gasteiger partial charge in [-0.05, 0) is 12.1 Å². The highest BCUT2D eigenvalue weighted by molar-refractivity contribution is 5.97. The van der Waals surface area contributed by atoms with E-state index in [0.717, 1.165) is 0 Å². The zero-order valence-corrected chi connectivity index (χ0v) is 6.65. The molecule has 1 rings (SSSR count). The van der Waals surface area contributed by atoms with Gasteiger partial charge < -0.3 is 16.3 Å². The van der Waals surface area contributed by atoms with Crippen molar-refractivity contribution >= 4 is 11.7 Å². The van der Waals surface area contributed by atoms with E-state index in [9.17, 15) is 0 Å². The Morgan fingerprint density at radius 2 is 2.50 bits per heavy atom. The molecule has 0 saturated heterocycles. The van der Waals surface area contributed by atoms with E-state index in [1.165, 1.54) is 0 Å². The Balaban J connectivity index is 3.02. The zero-order valence-electron chi connectivity index (χ0n) is 6.65. The monoisotopic (exact) mass is 166 g/mol. The molecule has 0 saturated carbocycles. The summed E-state index contributed by atoms with van der Waals surface area (Å²) in [6.45, 7) is 0. The number of oxime groups is 1. The van der Waals surface area contributed by atoms with Gasteiger partial charge in [0.1, 0.15) is 5.82 Å². The van der Waals surface area contributed by atoms with Crippen LogP contribution in [0.25, 0.3) is 0 Å². The van der Waals surface area contributed by atoms with E-state index >= 15 is 0 Å². The molecule has 1 aromatic rings. The van der Waals surface area contributed by atoms with Gasteiger partial charge in [0, 0.05) is 18.8 Å². The molecule has 64 valence electrons. The molecule has 0 spiro atoms. The van der Waals surface area contributed by atoms with Crippen molar-refractivity contribution < 1.29 is 5.21 Å². The first-order valence-corrected chi connectivity index (χ1v) is 3.39. The first kappa shape index (κ1) is 8.32. The van der Waals surface area contributed by atoms with Gasteiger partial charge in [-0.25, -0.2) is 4.98 Å². The summed E-state index contributed by atoms with van der Waals surface area (Å²) in [6, 6.07) is 3.35. The molecule has 1 aromatic heterocycles. The van der Waals surface area contributed by atoms with Gasteiger partial charge in [-0.1, -0.05) is 5.16 Å². The third kappa shape index (κ3) is 1.63. The number of nitrogens with two attached hydrogens (primary N) is 1. The summed E-state index contributed by atoms with van der Waals surface area (Å²) in [6.07, 6.45) is 1.58. The van der Waals surface area contributed by atoms with Crippen molar-refractivity contribution in [2.75, 3.05) is 12.4 Å². The molecule has 0 aliphatic carbocycles. The maximum absolute atomic E-state index is 8.37. The summed E-state index contributed by atoms with van der Waals surface area (Å²) < 4.78 is 0. The lowest BCUT2D eigenvalue weighted by molar-refractivity contribution is 0.318. The van der Waals surface area contributed by atoms with E-state index in [1.54, 1.807) is 25.4 Å². The molecule has 0 atom stereocenters. The fourth-order valence-electron chi connectivity index (χ4n) is 0.784. The number of rotatable bonds is 2. The van der Waals surface area contributed by atoms with Crippen LogP contribution >= 0.6 is 0 Å². The standard InChI is InChI=1S/C7H10N4O/c1-9-6-4-5(2-3-10-6)7(8)11-12/h2-4,12H,1H3,(H2,8,11)(H,9,10). The van der Waals surface area contributed by atoms with Crippen molar-refractivity contribution in [1.82, 2.24) is 4.98 Å². The largest absolute Gasteiger partial charge is 0.409 e. The lowest BCUT2D eigenvalue weighted by Gasteiger charge is -2.01. The molecule has 1 heterocycles. The van der Waals surface area contributed by atoms with Crippen molar-refractivity contribution in [2.45, 2.75) is 0 Å². The molecule has 0 fully saturated rings. The minimum Gasteiger partial charge on any atom is -0.409 e. The molecule has 0 amide bonds. The lowest BCUT2D eigenvalue weighted by atomic mass is 10.2. The second-order valence-electron chi connectivity index (χ2n) is 2.16. The smallest absolute Gasteiger partial charge is 0.170 e. The second-order valence-corrected chi connectivity index (χ2v) is 2.16. The van der Waals surface area contributed by atoms with E-state index in [0.29, 0.717) is 11.4 Å². The number of hydrogen-bond donors (Lipinski definition) is 3. The van der Waals surface area contributed by atoms with Crippen molar-refractivity contribution in [3.63, 3.8) is 0 Å². The molecule has 0 unspecified atom stereocenters. The molecular weight excluding hydrogens is 156 g/mol. The highest BCUT2D eigenvalue weighted by Crippen LogP contribution is 2.04. The van der Waals surface area contributed by atoms with Crippen LogP contribution in [0, 0.1) is 0 Å². The highest BCUT2D eigenvalue weighted by Gasteiger charge is 1.99. The lowest BCUT2D eigenvalue weighted by Crippen LogP contribution is -2.13. The SMILES string of the molecule is CNc1cc(/C(N)=N/O)ccn1. The molecule has 4 N–H and O–H groups in total. The summed E-state index contributed by atoms with van der Waals surface area (Å²) in [7, 11) is 1.75. The summed E-state index contributed by atoms with van der Waals surface area (Å²) >= 11 is 0. The molecule has 0 bridgehead atoms. The fourth-order valence-corrected chi connectivity index (χ4v) is 0.784. The van der Waals surface area contributed by atoms with Crippen LogP contribution in [-0.2, 0) is 0 Å². The predicted octanol–water partition coefficient (Wildman–Crippen LogP) is 0.218. The minimum atomic E-state index is 0.0777. The Labute approximate surface area is 69.9 Å². The first-order chi connectivity index (χ1) is 5.77. The van der Waals surface area contributed by atoms with Crippen LogP contribution in [0.5, 0.6) is 0 Å². The Morgan fingerprint density at radius 3 is 3.08 bits per heavy atom. The Morgan fingerprint density at radius 1 is 1.75 bits per heavy atom. The number of amidine groups is 1. The van der Waals surface area contributed by atoms with Gasteiger partial charge in [-0.2, -0.15) is 0 Å². The van der Waals surface area contributed by atoms with E-state index in [2.05, 4.69) is 15.5 Å². The number of aromatic nitrogens is 1. The summed E-state index contributed by atoms with van der Waals surface area (Å²) in [5.74, 6) is 0.757. The van der Waals surface area contributed by atoms with Gasteiger partial charge in [0.05, 0.1) is 0 Å². The number of nitrogens with one attached hydrogen (secondary N) is 1. The third-order valence-corrected chi connectivity index (χ3v) is 1.42. The van der Waals surface area contributed by atoms with Gasteiger partial charge in [0.25, 0.3) is 0 Å². The Kier molecular flexibility index (Phi) is 2.47. The maximum atomic E-state index is 8.37. The normalized spacial score (nSPS) is 11.2.